The number of hydrogen-bond donors (Lipinski definition) is 2. The van der Waals surface area contributed by atoms with Crippen molar-refractivity contribution < 1.29 is 19.6 Å². The van der Waals surface area contributed by atoms with Crippen LogP contribution in [0.3, 0.4) is 0 Å². The number of nitro benzene ring substituents is 1. The van der Waals surface area contributed by atoms with E-state index < -0.39 is 16.6 Å². The topological polar surface area (TPSA) is 105 Å². The summed E-state index contributed by atoms with van der Waals surface area (Å²) in [6.07, 6.45) is -0.0863. The molecule has 1 aromatic rings. The summed E-state index contributed by atoms with van der Waals surface area (Å²) in [5.74, 6) is -1.32. The molecule has 0 radical (unpaired) electrons. The van der Waals surface area contributed by atoms with Gasteiger partial charge in [-0.05, 0) is 19.2 Å². The third kappa shape index (κ3) is 3.67. The second kappa shape index (κ2) is 6.51. The molecule has 8 heteroatoms. The van der Waals surface area contributed by atoms with Crippen molar-refractivity contribution in [2.75, 3.05) is 38.6 Å². The Morgan fingerprint density at radius 1 is 1.62 bits per heavy atom. The molecular formula is C13H17N3O5. The molecule has 0 aromatic heterocycles. The maximum Gasteiger partial charge on any atom is 0.342 e. The Morgan fingerprint density at radius 3 is 3.00 bits per heavy atom. The van der Waals surface area contributed by atoms with E-state index in [4.69, 9.17) is 9.84 Å². The van der Waals surface area contributed by atoms with Crippen LogP contribution in [0.4, 0.5) is 11.4 Å². The lowest BCUT2D eigenvalue weighted by Crippen LogP contribution is -2.43. The lowest BCUT2D eigenvalue weighted by Gasteiger charge is -2.30. The molecule has 0 spiro atoms. The predicted molar refractivity (Wildman–Crippen MR) is 75.8 cm³/mol. The summed E-state index contributed by atoms with van der Waals surface area (Å²) in [6.45, 7) is 2.57. The van der Waals surface area contributed by atoms with E-state index in [2.05, 4.69) is 10.2 Å². The Hall–Kier alpha value is -2.19. The molecule has 0 amide bonds. The molecule has 21 heavy (non-hydrogen) atoms. The first-order valence-electron chi connectivity index (χ1n) is 6.53. The lowest BCUT2D eigenvalue weighted by molar-refractivity contribution is -0.384. The molecule has 0 saturated carbocycles. The number of aromatic carboxylic acids is 1. The standard InChI is InChI=1S/C13H17N3O5/c1-15-5-6-21-9(8-15)7-14-11-4-2-3-10(13(17)18)12(11)16(19)20/h2-4,9,14H,5-8H2,1H3,(H,17,18). The number of para-hydroxylation sites is 1. The van der Waals surface area contributed by atoms with E-state index in [9.17, 15) is 14.9 Å². The summed E-state index contributed by atoms with van der Waals surface area (Å²) in [4.78, 5) is 23.6. The fourth-order valence-corrected chi connectivity index (χ4v) is 2.27. The normalized spacial score (nSPS) is 19.2. The van der Waals surface area contributed by atoms with E-state index in [1.807, 2.05) is 7.05 Å². The monoisotopic (exact) mass is 295 g/mol. The van der Waals surface area contributed by atoms with Crippen LogP contribution < -0.4 is 5.32 Å². The lowest BCUT2D eigenvalue weighted by atomic mass is 10.1. The molecule has 114 valence electrons. The first-order valence-corrected chi connectivity index (χ1v) is 6.53. The number of nitrogens with zero attached hydrogens (tertiary/aromatic N) is 2. The van der Waals surface area contributed by atoms with Gasteiger partial charge >= 0.3 is 11.7 Å². The number of rotatable bonds is 5. The van der Waals surface area contributed by atoms with Crippen molar-refractivity contribution in [1.82, 2.24) is 4.90 Å². The van der Waals surface area contributed by atoms with Crippen molar-refractivity contribution in [3.8, 4) is 0 Å². The van der Waals surface area contributed by atoms with Gasteiger partial charge in [-0.1, -0.05) is 6.07 Å². The van der Waals surface area contributed by atoms with Gasteiger partial charge in [-0.2, -0.15) is 0 Å². The Kier molecular flexibility index (Phi) is 4.71. The van der Waals surface area contributed by atoms with Gasteiger partial charge in [0.05, 0.1) is 17.6 Å². The quantitative estimate of drug-likeness (QED) is 0.617. The second-order valence-electron chi connectivity index (χ2n) is 4.90. The highest BCUT2D eigenvalue weighted by Crippen LogP contribution is 2.28. The molecule has 1 unspecified atom stereocenters. The van der Waals surface area contributed by atoms with Crippen LogP contribution in [0.25, 0.3) is 0 Å². The van der Waals surface area contributed by atoms with Crippen molar-refractivity contribution >= 4 is 17.3 Å². The zero-order valence-electron chi connectivity index (χ0n) is 11.6. The van der Waals surface area contributed by atoms with Crippen molar-refractivity contribution in [1.29, 1.82) is 0 Å². The summed E-state index contributed by atoms with van der Waals surface area (Å²) in [5, 5.41) is 23.1. The summed E-state index contributed by atoms with van der Waals surface area (Å²) in [6, 6.07) is 4.19. The molecule has 1 aliphatic rings. The van der Waals surface area contributed by atoms with Crippen LogP contribution in [-0.4, -0.2) is 60.3 Å². The molecule has 1 aliphatic heterocycles. The Labute approximate surface area is 121 Å². The summed E-state index contributed by atoms with van der Waals surface area (Å²) >= 11 is 0. The number of likely N-dealkylation sites (N-methyl/N-ethyl adjacent to an activating group) is 1. The molecule has 1 heterocycles. The third-order valence-corrected chi connectivity index (χ3v) is 3.31. The largest absolute Gasteiger partial charge is 0.477 e. The van der Waals surface area contributed by atoms with Gasteiger partial charge in [-0.25, -0.2) is 4.79 Å². The fraction of sp³-hybridized carbons (Fsp3) is 0.462. The summed E-state index contributed by atoms with van der Waals surface area (Å²) in [7, 11) is 1.98. The molecule has 1 atom stereocenters. The minimum absolute atomic E-state index is 0.0863. The molecule has 1 aromatic carbocycles. The second-order valence-corrected chi connectivity index (χ2v) is 4.90. The zero-order chi connectivity index (χ0) is 15.4. The SMILES string of the molecule is CN1CCOC(CNc2cccc(C(=O)O)c2[N+](=O)[O-])C1. The number of carboxylic acids is 1. The highest BCUT2D eigenvalue weighted by molar-refractivity contribution is 5.95. The molecule has 8 nitrogen and oxygen atoms in total. The number of nitrogens with one attached hydrogen (secondary N) is 1. The smallest absolute Gasteiger partial charge is 0.342 e. The van der Waals surface area contributed by atoms with Gasteiger partial charge in [0.1, 0.15) is 11.3 Å². The number of morpholine rings is 1. The minimum Gasteiger partial charge on any atom is -0.477 e. The molecule has 0 aliphatic carbocycles. The average Bonchev–Trinajstić information content (AvgIpc) is 2.44. The Bertz CT molecular complexity index is 549. The van der Waals surface area contributed by atoms with E-state index in [0.29, 0.717) is 13.2 Å². The van der Waals surface area contributed by atoms with Gasteiger partial charge in [-0.15, -0.1) is 0 Å². The number of carboxylic acid groups (broad SMARTS) is 1. The van der Waals surface area contributed by atoms with Crippen molar-refractivity contribution in [3.63, 3.8) is 0 Å². The van der Waals surface area contributed by atoms with Gasteiger partial charge in [0, 0.05) is 19.6 Å². The van der Waals surface area contributed by atoms with E-state index >= 15 is 0 Å². The molecule has 1 fully saturated rings. The van der Waals surface area contributed by atoms with Gasteiger partial charge in [0.15, 0.2) is 0 Å². The van der Waals surface area contributed by atoms with Gasteiger partial charge in [0.2, 0.25) is 0 Å². The first-order chi connectivity index (χ1) is 9.99. The summed E-state index contributed by atoms with van der Waals surface area (Å²) < 4.78 is 5.56. The van der Waals surface area contributed by atoms with E-state index in [1.165, 1.54) is 18.2 Å². The van der Waals surface area contributed by atoms with Crippen LogP contribution in [-0.2, 0) is 4.74 Å². The number of anilines is 1. The third-order valence-electron chi connectivity index (χ3n) is 3.31. The van der Waals surface area contributed by atoms with Crippen molar-refractivity contribution in [2.45, 2.75) is 6.10 Å². The van der Waals surface area contributed by atoms with Crippen molar-refractivity contribution in [2.24, 2.45) is 0 Å². The van der Waals surface area contributed by atoms with Crippen LogP contribution in [0, 0.1) is 10.1 Å². The Morgan fingerprint density at radius 2 is 2.38 bits per heavy atom. The van der Waals surface area contributed by atoms with Crippen LogP contribution in [0.5, 0.6) is 0 Å². The van der Waals surface area contributed by atoms with Gasteiger partial charge < -0.3 is 20.1 Å². The number of carbonyl (C=O) groups is 1. The minimum atomic E-state index is -1.32. The zero-order valence-corrected chi connectivity index (χ0v) is 11.6. The van der Waals surface area contributed by atoms with E-state index in [0.717, 1.165) is 13.1 Å². The Balaban J connectivity index is 2.14. The number of ether oxygens (including phenoxy) is 1. The highest BCUT2D eigenvalue weighted by Gasteiger charge is 2.25. The number of nitro groups is 1. The van der Waals surface area contributed by atoms with Gasteiger partial charge in [0.25, 0.3) is 0 Å². The first kappa shape index (κ1) is 15.2. The maximum absolute atomic E-state index is 11.1. The van der Waals surface area contributed by atoms with Crippen LogP contribution in [0.2, 0.25) is 0 Å². The molecule has 2 N–H and O–H groups in total. The average molecular weight is 295 g/mol. The van der Waals surface area contributed by atoms with Crippen LogP contribution in [0.15, 0.2) is 18.2 Å². The van der Waals surface area contributed by atoms with E-state index in [1.54, 1.807) is 0 Å². The number of benzene rings is 1. The van der Waals surface area contributed by atoms with Crippen LogP contribution in [0.1, 0.15) is 10.4 Å². The molecule has 1 saturated heterocycles. The van der Waals surface area contributed by atoms with Gasteiger partial charge in [-0.3, -0.25) is 10.1 Å². The van der Waals surface area contributed by atoms with E-state index in [-0.39, 0.29) is 17.4 Å². The number of hydrogen-bond acceptors (Lipinski definition) is 6. The summed E-state index contributed by atoms with van der Waals surface area (Å²) in [5.41, 5.74) is -0.558. The van der Waals surface area contributed by atoms with Crippen molar-refractivity contribution in [3.05, 3.63) is 33.9 Å². The highest BCUT2D eigenvalue weighted by atomic mass is 16.6. The molecule has 0 bridgehead atoms. The predicted octanol–water partition coefficient (Wildman–Crippen LogP) is 1.04. The maximum atomic E-state index is 11.1. The van der Waals surface area contributed by atoms with Crippen LogP contribution >= 0.6 is 0 Å². The molecule has 2 rings (SSSR count). The fourth-order valence-electron chi connectivity index (χ4n) is 2.27. The molecular weight excluding hydrogens is 278 g/mol.